The summed E-state index contributed by atoms with van der Waals surface area (Å²) in [4.78, 5) is 13.7. The number of Topliss-reactive ketones (excluding diaryl/α,β-unsaturated/α-hetero) is 1. The summed E-state index contributed by atoms with van der Waals surface area (Å²) in [5.74, 6) is 0.207. The van der Waals surface area contributed by atoms with Gasteiger partial charge in [-0.25, -0.2) is 0 Å². The number of carbonyl (C=O) groups excluding carboxylic acids is 1. The first-order valence-corrected chi connectivity index (χ1v) is 6.20. The minimum Gasteiger partial charge on any atom is -0.361 e. The lowest BCUT2D eigenvalue weighted by molar-refractivity contribution is -0.116. The van der Waals surface area contributed by atoms with Crippen molar-refractivity contribution in [3.8, 4) is 0 Å². The zero-order valence-electron chi connectivity index (χ0n) is 10.2. The maximum atomic E-state index is 11.6. The Balaban J connectivity index is 2.35. The summed E-state index contributed by atoms with van der Waals surface area (Å²) in [7, 11) is 0. The number of anilines is 1. The molecule has 2 rings (SSSR count). The van der Waals surface area contributed by atoms with Crippen LogP contribution in [-0.4, -0.2) is 32.0 Å². The van der Waals surface area contributed by atoms with Crippen LogP contribution in [0, 0.1) is 13.8 Å². The molecule has 1 aliphatic heterocycles. The van der Waals surface area contributed by atoms with Crippen LogP contribution in [-0.2, 0) is 4.79 Å². The number of aryl methyl sites for hydroxylation is 2. The van der Waals surface area contributed by atoms with E-state index in [1.807, 2.05) is 19.9 Å². The van der Waals surface area contributed by atoms with Gasteiger partial charge >= 0.3 is 0 Å². The molecule has 0 aliphatic carbocycles. The molecule has 1 fully saturated rings. The summed E-state index contributed by atoms with van der Waals surface area (Å²) in [5.41, 5.74) is 3.27. The number of hydrogen-bond acceptors (Lipinski definition) is 3. The highest BCUT2D eigenvalue weighted by Gasteiger charge is 2.19. The zero-order chi connectivity index (χ0) is 12.4. The van der Waals surface area contributed by atoms with Crippen molar-refractivity contribution >= 4 is 23.1 Å². The zero-order valence-corrected chi connectivity index (χ0v) is 11.0. The van der Waals surface area contributed by atoms with Crippen molar-refractivity contribution in [3.05, 3.63) is 28.3 Å². The summed E-state index contributed by atoms with van der Waals surface area (Å²) in [5, 5.41) is 3.85. The van der Waals surface area contributed by atoms with Gasteiger partial charge in [0, 0.05) is 13.1 Å². The van der Waals surface area contributed by atoms with E-state index in [9.17, 15) is 4.79 Å². The quantitative estimate of drug-likeness (QED) is 0.829. The van der Waals surface area contributed by atoms with Crippen molar-refractivity contribution in [1.82, 2.24) is 5.32 Å². The van der Waals surface area contributed by atoms with Gasteiger partial charge in [0.25, 0.3) is 0 Å². The van der Waals surface area contributed by atoms with Crippen LogP contribution in [0.5, 0.6) is 0 Å². The first-order valence-electron chi connectivity index (χ1n) is 5.82. The average Bonchev–Trinajstić information content (AvgIpc) is 2.41. The first kappa shape index (κ1) is 12.4. The Morgan fingerprint density at radius 3 is 2.82 bits per heavy atom. The second-order valence-corrected chi connectivity index (χ2v) is 4.96. The van der Waals surface area contributed by atoms with Crippen molar-refractivity contribution in [2.24, 2.45) is 0 Å². The fourth-order valence-corrected chi connectivity index (χ4v) is 2.73. The molecule has 4 heteroatoms. The van der Waals surface area contributed by atoms with Crippen LogP contribution >= 0.6 is 11.6 Å². The summed E-state index contributed by atoms with van der Waals surface area (Å²) >= 11 is 6.30. The monoisotopic (exact) mass is 252 g/mol. The van der Waals surface area contributed by atoms with Gasteiger partial charge in [-0.15, -0.1) is 0 Å². The molecule has 92 valence electrons. The third-order valence-corrected chi connectivity index (χ3v) is 3.25. The van der Waals surface area contributed by atoms with E-state index in [2.05, 4.69) is 16.3 Å². The van der Waals surface area contributed by atoms with Crippen LogP contribution < -0.4 is 10.2 Å². The first-order chi connectivity index (χ1) is 8.08. The number of ketones is 1. The molecule has 0 bridgehead atoms. The van der Waals surface area contributed by atoms with E-state index in [4.69, 9.17) is 11.6 Å². The fraction of sp³-hybridized carbons (Fsp3) is 0.462. The second kappa shape index (κ2) is 5.07. The molecule has 3 nitrogen and oxygen atoms in total. The van der Waals surface area contributed by atoms with E-state index in [0.717, 1.165) is 34.9 Å². The van der Waals surface area contributed by atoms with Crippen LogP contribution in [0.25, 0.3) is 0 Å². The lowest BCUT2D eigenvalue weighted by atomic mass is 10.1. The Bertz CT molecular complexity index is 422. The van der Waals surface area contributed by atoms with Crippen molar-refractivity contribution in [2.45, 2.75) is 13.8 Å². The molecule has 0 unspecified atom stereocenters. The lowest BCUT2D eigenvalue weighted by Gasteiger charge is -2.25. The second-order valence-electron chi connectivity index (χ2n) is 4.55. The fourth-order valence-electron chi connectivity index (χ4n) is 2.29. The van der Waals surface area contributed by atoms with E-state index in [1.54, 1.807) is 0 Å². The summed E-state index contributed by atoms with van der Waals surface area (Å²) in [6.45, 7) is 6.59. The molecule has 1 heterocycles. The van der Waals surface area contributed by atoms with E-state index < -0.39 is 0 Å². The Kier molecular flexibility index (Phi) is 3.69. The minimum atomic E-state index is 0.207. The molecule has 1 aliphatic rings. The predicted octanol–water partition coefficient (Wildman–Crippen LogP) is 1.94. The number of carbonyl (C=O) groups is 1. The van der Waals surface area contributed by atoms with E-state index >= 15 is 0 Å². The third-order valence-electron chi connectivity index (χ3n) is 2.96. The third kappa shape index (κ3) is 2.79. The van der Waals surface area contributed by atoms with E-state index in [1.165, 1.54) is 0 Å². The average molecular weight is 253 g/mol. The lowest BCUT2D eigenvalue weighted by Crippen LogP contribution is -2.30. The highest BCUT2D eigenvalue weighted by molar-refractivity contribution is 6.33. The van der Waals surface area contributed by atoms with Crippen molar-refractivity contribution < 1.29 is 4.79 Å². The highest BCUT2D eigenvalue weighted by atomic mass is 35.5. The number of nitrogens with one attached hydrogen (secondary N) is 1. The maximum Gasteiger partial charge on any atom is 0.165 e. The molecule has 17 heavy (non-hydrogen) atoms. The number of halogens is 1. The van der Waals surface area contributed by atoms with Crippen LogP contribution in [0.15, 0.2) is 12.1 Å². The van der Waals surface area contributed by atoms with Gasteiger partial charge in [0.1, 0.15) is 0 Å². The van der Waals surface area contributed by atoms with Crippen LogP contribution in [0.4, 0.5) is 5.69 Å². The molecule has 0 spiro atoms. The van der Waals surface area contributed by atoms with Crippen LogP contribution in [0.2, 0.25) is 5.02 Å². The highest BCUT2D eigenvalue weighted by Crippen LogP contribution is 2.31. The van der Waals surface area contributed by atoms with Crippen LogP contribution in [0.3, 0.4) is 0 Å². The standard InChI is InChI=1S/C13H17ClN2O/c1-9-5-10(2)13(12(14)6-9)16-4-3-15-7-11(17)8-16/h5-6,15H,3-4,7-8H2,1-2H3. The molecule has 0 saturated carbocycles. The maximum absolute atomic E-state index is 11.6. The van der Waals surface area contributed by atoms with E-state index in [-0.39, 0.29) is 5.78 Å². The van der Waals surface area contributed by atoms with Crippen molar-refractivity contribution in [3.63, 3.8) is 0 Å². The van der Waals surface area contributed by atoms with Gasteiger partial charge in [-0.05, 0) is 31.0 Å². The Morgan fingerprint density at radius 1 is 1.35 bits per heavy atom. The van der Waals surface area contributed by atoms with Gasteiger partial charge in [0.05, 0.1) is 23.8 Å². The number of nitrogens with zero attached hydrogens (tertiary/aromatic N) is 1. The Labute approximate surface area is 107 Å². The predicted molar refractivity (Wildman–Crippen MR) is 71.0 cm³/mol. The summed E-state index contributed by atoms with van der Waals surface area (Å²) in [6.07, 6.45) is 0. The molecule has 0 amide bonds. The minimum absolute atomic E-state index is 0.207. The van der Waals surface area contributed by atoms with Gasteiger partial charge < -0.3 is 10.2 Å². The molecule has 1 aromatic rings. The van der Waals surface area contributed by atoms with Crippen LogP contribution in [0.1, 0.15) is 11.1 Å². The molecule has 1 aromatic carbocycles. The van der Waals surface area contributed by atoms with Gasteiger partial charge in [-0.2, -0.15) is 0 Å². The number of hydrogen-bond donors (Lipinski definition) is 1. The molecular weight excluding hydrogens is 236 g/mol. The smallest absolute Gasteiger partial charge is 0.165 e. The Morgan fingerprint density at radius 2 is 2.12 bits per heavy atom. The molecule has 0 atom stereocenters. The molecule has 1 N–H and O–H groups in total. The largest absolute Gasteiger partial charge is 0.361 e. The molecular formula is C13H17ClN2O. The van der Waals surface area contributed by atoms with Gasteiger partial charge in [0.2, 0.25) is 0 Å². The normalized spacial score (nSPS) is 17.1. The summed E-state index contributed by atoms with van der Waals surface area (Å²) < 4.78 is 0. The van der Waals surface area contributed by atoms with Gasteiger partial charge in [-0.1, -0.05) is 17.7 Å². The topological polar surface area (TPSA) is 32.3 Å². The van der Waals surface area contributed by atoms with Crippen molar-refractivity contribution in [1.29, 1.82) is 0 Å². The summed E-state index contributed by atoms with van der Waals surface area (Å²) in [6, 6.07) is 4.05. The Hall–Kier alpha value is -1.06. The van der Waals surface area contributed by atoms with Gasteiger partial charge in [-0.3, -0.25) is 4.79 Å². The molecule has 1 saturated heterocycles. The van der Waals surface area contributed by atoms with Gasteiger partial charge in [0.15, 0.2) is 5.78 Å². The number of rotatable bonds is 1. The number of benzene rings is 1. The SMILES string of the molecule is Cc1cc(C)c(N2CCNCC(=O)C2)c(Cl)c1. The molecule has 0 radical (unpaired) electrons. The van der Waals surface area contributed by atoms with Crippen molar-refractivity contribution in [2.75, 3.05) is 31.1 Å². The molecule has 0 aromatic heterocycles. The van der Waals surface area contributed by atoms with E-state index in [0.29, 0.717) is 13.1 Å².